The Morgan fingerprint density at radius 1 is 1.18 bits per heavy atom. The number of primary amides is 1. The third-order valence-electron chi connectivity index (χ3n) is 3.45. The summed E-state index contributed by atoms with van der Waals surface area (Å²) in [5.74, 6) is 1.14. The van der Waals surface area contributed by atoms with E-state index in [-0.39, 0.29) is 0 Å². The van der Waals surface area contributed by atoms with Gasteiger partial charge in [-0.15, -0.1) is 15.3 Å². The van der Waals surface area contributed by atoms with Crippen LogP contribution in [-0.4, -0.2) is 32.8 Å². The molecule has 3 rings (SSSR count). The number of fused-ring (bicyclic) bond motifs is 1. The quantitative estimate of drug-likeness (QED) is 0.780. The van der Waals surface area contributed by atoms with Crippen LogP contribution in [0.15, 0.2) is 36.4 Å². The second-order valence-corrected chi connectivity index (χ2v) is 5.13. The van der Waals surface area contributed by atoms with Gasteiger partial charge in [-0.2, -0.15) is 4.52 Å². The molecule has 1 amide bonds. The zero-order valence-corrected chi connectivity index (χ0v) is 12.4. The minimum atomic E-state index is -0.421. The largest absolute Gasteiger partial charge is 0.366 e. The first kappa shape index (κ1) is 14.0. The molecule has 0 atom stereocenters. The molecule has 0 radical (unpaired) electrons. The molecule has 2 heterocycles. The number of hydrogen-bond acceptors (Lipinski definition) is 5. The van der Waals surface area contributed by atoms with Crippen molar-refractivity contribution in [3.05, 3.63) is 53.3 Å². The summed E-state index contributed by atoms with van der Waals surface area (Å²) < 4.78 is 1.71. The topological polar surface area (TPSA) is 89.4 Å². The van der Waals surface area contributed by atoms with Gasteiger partial charge in [0.25, 0.3) is 0 Å². The molecule has 0 saturated heterocycles. The van der Waals surface area contributed by atoms with E-state index in [1.807, 2.05) is 43.1 Å². The molecule has 0 unspecified atom stereocenters. The van der Waals surface area contributed by atoms with Gasteiger partial charge >= 0.3 is 0 Å². The van der Waals surface area contributed by atoms with Crippen LogP contribution in [0.3, 0.4) is 0 Å². The Balaban J connectivity index is 1.81. The van der Waals surface area contributed by atoms with E-state index in [4.69, 9.17) is 5.73 Å². The van der Waals surface area contributed by atoms with Gasteiger partial charge in [0.05, 0.1) is 0 Å². The number of nitrogens with zero attached hydrogens (tertiary/aromatic N) is 5. The molecule has 112 valence electrons. The van der Waals surface area contributed by atoms with E-state index >= 15 is 0 Å². The standard InChI is InChI=1S/C15H16N6O/c1-10-17-18-13-7-8-14(19-21(10)13)20(2)9-11-3-5-12(6-4-11)15(16)22/h3-8H,9H2,1-2H3,(H2,16,22). The van der Waals surface area contributed by atoms with Crippen molar-refractivity contribution < 1.29 is 4.79 Å². The zero-order chi connectivity index (χ0) is 15.7. The second kappa shape index (κ2) is 5.44. The first-order valence-corrected chi connectivity index (χ1v) is 6.83. The van der Waals surface area contributed by atoms with Crippen molar-refractivity contribution in [2.24, 2.45) is 5.73 Å². The minimum Gasteiger partial charge on any atom is -0.366 e. The highest BCUT2D eigenvalue weighted by Crippen LogP contribution is 2.14. The number of amides is 1. The number of aromatic nitrogens is 4. The van der Waals surface area contributed by atoms with Crippen LogP contribution >= 0.6 is 0 Å². The highest BCUT2D eigenvalue weighted by molar-refractivity contribution is 5.92. The number of rotatable bonds is 4. The molecule has 2 N–H and O–H groups in total. The Morgan fingerprint density at radius 3 is 2.59 bits per heavy atom. The van der Waals surface area contributed by atoms with Crippen LogP contribution in [0.4, 0.5) is 5.82 Å². The third-order valence-corrected chi connectivity index (χ3v) is 3.45. The summed E-state index contributed by atoms with van der Waals surface area (Å²) in [7, 11) is 1.95. The van der Waals surface area contributed by atoms with Crippen LogP contribution in [0.2, 0.25) is 0 Å². The molecule has 22 heavy (non-hydrogen) atoms. The average molecular weight is 296 g/mol. The van der Waals surface area contributed by atoms with Crippen molar-refractivity contribution in [3.63, 3.8) is 0 Å². The fraction of sp³-hybridized carbons (Fsp3) is 0.200. The van der Waals surface area contributed by atoms with E-state index in [9.17, 15) is 4.79 Å². The SMILES string of the molecule is Cc1nnc2ccc(N(C)Cc3ccc(C(N)=O)cc3)nn12. The van der Waals surface area contributed by atoms with Crippen molar-refractivity contribution in [2.45, 2.75) is 13.5 Å². The Hall–Kier alpha value is -2.96. The number of carbonyl (C=O) groups excluding carboxylic acids is 1. The van der Waals surface area contributed by atoms with Gasteiger partial charge < -0.3 is 10.6 Å². The van der Waals surface area contributed by atoms with Crippen molar-refractivity contribution in [1.29, 1.82) is 0 Å². The molecule has 0 saturated carbocycles. The lowest BCUT2D eigenvalue weighted by molar-refractivity contribution is 0.100. The molecule has 0 spiro atoms. The van der Waals surface area contributed by atoms with Gasteiger partial charge in [-0.25, -0.2) is 0 Å². The van der Waals surface area contributed by atoms with Crippen LogP contribution in [0.5, 0.6) is 0 Å². The van der Waals surface area contributed by atoms with E-state index < -0.39 is 5.91 Å². The maximum Gasteiger partial charge on any atom is 0.248 e. The van der Waals surface area contributed by atoms with Crippen molar-refractivity contribution in [3.8, 4) is 0 Å². The first-order chi connectivity index (χ1) is 10.5. The van der Waals surface area contributed by atoms with Crippen LogP contribution in [-0.2, 0) is 6.54 Å². The van der Waals surface area contributed by atoms with Gasteiger partial charge in [-0.05, 0) is 36.8 Å². The van der Waals surface area contributed by atoms with E-state index in [0.717, 1.165) is 22.9 Å². The number of benzene rings is 1. The second-order valence-electron chi connectivity index (χ2n) is 5.13. The molecule has 0 aliphatic carbocycles. The Labute approximate surface area is 127 Å². The summed E-state index contributed by atoms with van der Waals surface area (Å²) in [6, 6.07) is 11.0. The number of nitrogens with two attached hydrogens (primary N) is 1. The van der Waals surface area contributed by atoms with E-state index in [0.29, 0.717) is 12.1 Å². The number of carbonyl (C=O) groups is 1. The molecular weight excluding hydrogens is 280 g/mol. The molecule has 0 aliphatic rings. The molecule has 2 aromatic heterocycles. The highest BCUT2D eigenvalue weighted by atomic mass is 16.1. The Morgan fingerprint density at radius 2 is 1.91 bits per heavy atom. The van der Waals surface area contributed by atoms with Crippen molar-refractivity contribution in [2.75, 3.05) is 11.9 Å². The van der Waals surface area contributed by atoms with Gasteiger partial charge in [-0.3, -0.25) is 4.79 Å². The third kappa shape index (κ3) is 2.60. The smallest absolute Gasteiger partial charge is 0.248 e. The summed E-state index contributed by atoms with van der Waals surface area (Å²) in [6.45, 7) is 2.53. The Bertz CT molecular complexity index is 824. The normalized spacial score (nSPS) is 10.8. The fourth-order valence-electron chi connectivity index (χ4n) is 2.22. The number of hydrogen-bond donors (Lipinski definition) is 1. The maximum absolute atomic E-state index is 11.1. The summed E-state index contributed by atoms with van der Waals surface area (Å²) in [4.78, 5) is 13.1. The van der Waals surface area contributed by atoms with Gasteiger partial charge in [0.15, 0.2) is 11.5 Å². The van der Waals surface area contributed by atoms with Crippen LogP contribution < -0.4 is 10.6 Å². The molecule has 0 bridgehead atoms. The number of aryl methyl sites for hydroxylation is 1. The van der Waals surface area contributed by atoms with Crippen molar-refractivity contribution >= 4 is 17.4 Å². The van der Waals surface area contributed by atoms with E-state index in [1.165, 1.54) is 0 Å². The van der Waals surface area contributed by atoms with E-state index in [2.05, 4.69) is 15.3 Å². The summed E-state index contributed by atoms with van der Waals surface area (Å²) in [5.41, 5.74) is 7.53. The summed E-state index contributed by atoms with van der Waals surface area (Å²) in [5, 5.41) is 12.5. The molecule has 7 nitrogen and oxygen atoms in total. The maximum atomic E-state index is 11.1. The van der Waals surface area contributed by atoms with E-state index in [1.54, 1.807) is 16.6 Å². The molecule has 1 aromatic carbocycles. The minimum absolute atomic E-state index is 0.421. The molecule has 7 heteroatoms. The monoisotopic (exact) mass is 296 g/mol. The number of anilines is 1. The molecular formula is C15H16N6O. The zero-order valence-electron chi connectivity index (χ0n) is 12.4. The van der Waals surface area contributed by atoms with Crippen LogP contribution in [0.25, 0.3) is 5.65 Å². The highest BCUT2D eigenvalue weighted by Gasteiger charge is 2.08. The first-order valence-electron chi connectivity index (χ1n) is 6.83. The molecule has 0 fully saturated rings. The van der Waals surface area contributed by atoms with Crippen molar-refractivity contribution in [1.82, 2.24) is 19.8 Å². The summed E-state index contributed by atoms with van der Waals surface area (Å²) in [6.07, 6.45) is 0. The molecule has 0 aliphatic heterocycles. The predicted molar refractivity (Wildman–Crippen MR) is 82.6 cm³/mol. The predicted octanol–water partition coefficient (Wildman–Crippen LogP) is 1.17. The Kier molecular flexibility index (Phi) is 3.46. The lowest BCUT2D eigenvalue weighted by Gasteiger charge is -2.18. The van der Waals surface area contributed by atoms with Crippen LogP contribution in [0.1, 0.15) is 21.7 Å². The van der Waals surface area contributed by atoms with Gasteiger partial charge in [-0.1, -0.05) is 12.1 Å². The average Bonchev–Trinajstić information content (AvgIpc) is 2.88. The van der Waals surface area contributed by atoms with Crippen LogP contribution in [0, 0.1) is 6.92 Å². The van der Waals surface area contributed by atoms with Gasteiger partial charge in [0.2, 0.25) is 5.91 Å². The van der Waals surface area contributed by atoms with Gasteiger partial charge in [0.1, 0.15) is 5.82 Å². The molecule has 3 aromatic rings. The fourth-order valence-corrected chi connectivity index (χ4v) is 2.22. The lowest BCUT2D eigenvalue weighted by Crippen LogP contribution is -2.19. The summed E-state index contributed by atoms with van der Waals surface area (Å²) >= 11 is 0. The van der Waals surface area contributed by atoms with Gasteiger partial charge in [0, 0.05) is 19.2 Å². The lowest BCUT2D eigenvalue weighted by atomic mass is 10.1.